The van der Waals surface area contributed by atoms with Crippen LogP contribution in [0.25, 0.3) is 0 Å². The summed E-state index contributed by atoms with van der Waals surface area (Å²) in [7, 11) is 0. The molecule has 0 saturated carbocycles. The molecule has 4 heteroatoms. The molecule has 1 N–H and O–H groups in total. The van der Waals surface area contributed by atoms with Crippen LogP contribution >= 0.6 is 0 Å². The van der Waals surface area contributed by atoms with E-state index >= 15 is 0 Å². The highest BCUT2D eigenvalue weighted by molar-refractivity contribution is 5.94. The van der Waals surface area contributed by atoms with Crippen molar-refractivity contribution in [3.8, 4) is 6.07 Å². The Kier molecular flexibility index (Phi) is 4.34. The van der Waals surface area contributed by atoms with Gasteiger partial charge in [-0.15, -0.1) is 0 Å². The molecule has 0 heterocycles. The quantitative estimate of drug-likeness (QED) is 0.936. The van der Waals surface area contributed by atoms with Gasteiger partial charge >= 0.3 is 0 Å². The van der Waals surface area contributed by atoms with Crippen LogP contribution in [0.4, 0.5) is 4.39 Å². The summed E-state index contributed by atoms with van der Waals surface area (Å²) in [4.78, 5) is 12.1. The van der Waals surface area contributed by atoms with Crippen molar-refractivity contribution >= 4 is 5.91 Å². The fourth-order valence-electron chi connectivity index (χ4n) is 1.97. The molecule has 1 atom stereocenters. The molecule has 1 unspecified atom stereocenters. The minimum absolute atomic E-state index is 0.291. The van der Waals surface area contributed by atoms with Gasteiger partial charge in [-0.3, -0.25) is 4.79 Å². The predicted octanol–water partition coefficient (Wildman–Crippen LogP) is 3.50. The molecule has 0 saturated heterocycles. The Hall–Kier alpha value is -2.67. The zero-order chi connectivity index (χ0) is 15.4. The van der Waals surface area contributed by atoms with E-state index in [4.69, 9.17) is 5.26 Å². The second-order valence-electron chi connectivity index (χ2n) is 4.90. The van der Waals surface area contributed by atoms with Gasteiger partial charge in [0.25, 0.3) is 5.91 Å². The Bertz CT molecular complexity index is 719. The molecule has 106 valence electrons. The van der Waals surface area contributed by atoms with Crippen molar-refractivity contribution in [2.75, 3.05) is 0 Å². The van der Waals surface area contributed by atoms with E-state index in [2.05, 4.69) is 5.32 Å². The Labute approximate surface area is 123 Å². The molecule has 0 aliphatic carbocycles. The number of aryl methyl sites for hydroxylation is 1. The predicted molar refractivity (Wildman–Crippen MR) is 78.2 cm³/mol. The third-order valence-electron chi connectivity index (χ3n) is 3.30. The van der Waals surface area contributed by atoms with Gasteiger partial charge in [-0.2, -0.15) is 5.26 Å². The summed E-state index contributed by atoms with van der Waals surface area (Å²) in [6.07, 6.45) is 0. The highest BCUT2D eigenvalue weighted by atomic mass is 19.1. The van der Waals surface area contributed by atoms with Crippen molar-refractivity contribution in [3.63, 3.8) is 0 Å². The molecule has 0 bridgehead atoms. The monoisotopic (exact) mass is 282 g/mol. The fraction of sp³-hybridized carbons (Fsp3) is 0.176. The van der Waals surface area contributed by atoms with E-state index in [-0.39, 0.29) is 17.8 Å². The Morgan fingerprint density at radius 2 is 2.05 bits per heavy atom. The van der Waals surface area contributed by atoms with Crippen molar-refractivity contribution in [1.82, 2.24) is 5.32 Å². The maximum Gasteiger partial charge on any atom is 0.251 e. The number of carbonyl (C=O) groups is 1. The lowest BCUT2D eigenvalue weighted by atomic mass is 10.0. The molecule has 0 radical (unpaired) electrons. The van der Waals surface area contributed by atoms with Crippen LogP contribution in [-0.2, 0) is 0 Å². The molecule has 2 rings (SSSR count). The zero-order valence-electron chi connectivity index (χ0n) is 11.9. The van der Waals surface area contributed by atoms with Gasteiger partial charge in [0, 0.05) is 5.56 Å². The van der Waals surface area contributed by atoms with E-state index < -0.39 is 0 Å². The summed E-state index contributed by atoms with van der Waals surface area (Å²) in [6, 6.07) is 13.0. The number of rotatable bonds is 3. The van der Waals surface area contributed by atoms with Crippen LogP contribution in [0.5, 0.6) is 0 Å². The lowest BCUT2D eigenvalue weighted by Crippen LogP contribution is -2.26. The fourth-order valence-corrected chi connectivity index (χ4v) is 1.97. The largest absolute Gasteiger partial charge is 0.346 e. The van der Waals surface area contributed by atoms with Crippen LogP contribution in [-0.4, -0.2) is 5.91 Å². The number of amides is 1. The first kappa shape index (κ1) is 14.7. The Balaban J connectivity index is 2.14. The average molecular weight is 282 g/mol. The van der Waals surface area contributed by atoms with Crippen LogP contribution in [0.1, 0.15) is 40.0 Å². The third kappa shape index (κ3) is 3.46. The molecule has 0 aliphatic rings. The number of hydrogen-bond acceptors (Lipinski definition) is 2. The smallest absolute Gasteiger partial charge is 0.251 e. The molecule has 21 heavy (non-hydrogen) atoms. The van der Waals surface area contributed by atoms with Crippen molar-refractivity contribution in [2.45, 2.75) is 19.9 Å². The van der Waals surface area contributed by atoms with Crippen LogP contribution in [0, 0.1) is 24.1 Å². The van der Waals surface area contributed by atoms with E-state index in [9.17, 15) is 9.18 Å². The molecular weight excluding hydrogens is 267 g/mol. The average Bonchev–Trinajstić information content (AvgIpc) is 2.49. The minimum atomic E-state index is -0.321. The number of nitrogens with one attached hydrogen (secondary N) is 1. The summed E-state index contributed by atoms with van der Waals surface area (Å²) in [6.45, 7) is 3.48. The van der Waals surface area contributed by atoms with Gasteiger partial charge in [0.1, 0.15) is 5.82 Å². The highest BCUT2D eigenvalue weighted by Gasteiger charge is 2.13. The molecule has 0 aromatic heterocycles. The van der Waals surface area contributed by atoms with Crippen LogP contribution in [0.2, 0.25) is 0 Å². The second-order valence-corrected chi connectivity index (χ2v) is 4.90. The van der Waals surface area contributed by atoms with E-state index in [1.807, 2.05) is 6.07 Å². The van der Waals surface area contributed by atoms with Gasteiger partial charge in [0.05, 0.1) is 17.7 Å². The van der Waals surface area contributed by atoms with Gasteiger partial charge in [-0.25, -0.2) is 4.39 Å². The Morgan fingerprint density at radius 3 is 2.71 bits per heavy atom. The van der Waals surface area contributed by atoms with Gasteiger partial charge in [-0.1, -0.05) is 18.2 Å². The van der Waals surface area contributed by atoms with Gasteiger partial charge in [0.2, 0.25) is 0 Å². The molecule has 0 aliphatic heterocycles. The number of benzene rings is 2. The van der Waals surface area contributed by atoms with E-state index in [1.54, 1.807) is 44.2 Å². The van der Waals surface area contributed by atoms with Crippen LogP contribution in [0.15, 0.2) is 42.5 Å². The summed E-state index contributed by atoms with van der Waals surface area (Å²) in [5, 5.41) is 11.6. The first-order valence-electron chi connectivity index (χ1n) is 6.58. The maximum absolute atomic E-state index is 13.5. The highest BCUT2D eigenvalue weighted by Crippen LogP contribution is 2.17. The summed E-state index contributed by atoms with van der Waals surface area (Å²) in [5.74, 6) is -0.583. The number of halogens is 1. The normalized spacial score (nSPS) is 11.5. The minimum Gasteiger partial charge on any atom is -0.346 e. The van der Waals surface area contributed by atoms with Crippen molar-refractivity contribution in [1.29, 1.82) is 5.26 Å². The van der Waals surface area contributed by atoms with Crippen molar-refractivity contribution in [2.24, 2.45) is 0 Å². The van der Waals surface area contributed by atoms with Crippen molar-refractivity contribution in [3.05, 3.63) is 70.5 Å². The van der Waals surface area contributed by atoms with Gasteiger partial charge in [-0.05, 0) is 49.2 Å². The molecular formula is C17H15FN2O. The molecule has 1 amide bonds. The van der Waals surface area contributed by atoms with E-state index in [1.165, 1.54) is 12.1 Å². The van der Waals surface area contributed by atoms with Crippen molar-refractivity contribution < 1.29 is 9.18 Å². The summed E-state index contributed by atoms with van der Waals surface area (Å²) < 4.78 is 13.5. The number of nitriles is 1. The van der Waals surface area contributed by atoms with Crippen LogP contribution < -0.4 is 5.32 Å². The van der Waals surface area contributed by atoms with E-state index in [0.29, 0.717) is 22.3 Å². The molecule has 3 nitrogen and oxygen atoms in total. The summed E-state index contributed by atoms with van der Waals surface area (Å²) in [5.41, 5.74) is 2.10. The van der Waals surface area contributed by atoms with Crippen LogP contribution in [0.3, 0.4) is 0 Å². The molecule has 2 aromatic rings. The topological polar surface area (TPSA) is 52.9 Å². The third-order valence-corrected chi connectivity index (χ3v) is 3.30. The molecule has 0 fully saturated rings. The van der Waals surface area contributed by atoms with E-state index in [0.717, 1.165) is 0 Å². The Morgan fingerprint density at radius 1 is 1.29 bits per heavy atom. The number of carbonyl (C=O) groups excluding carboxylic acids is 1. The first-order chi connectivity index (χ1) is 10.0. The standard InChI is InChI=1S/C17H15FN2O/c1-11-6-7-14(9-16(11)18)12(2)20-17(21)15-5-3-4-13(8-15)10-19/h3-9,12H,1-2H3,(H,20,21). The first-order valence-corrected chi connectivity index (χ1v) is 6.58. The number of nitrogens with zero attached hydrogens (tertiary/aromatic N) is 1. The maximum atomic E-state index is 13.5. The summed E-state index contributed by atoms with van der Waals surface area (Å²) >= 11 is 0. The van der Waals surface area contributed by atoms with Gasteiger partial charge in [0.15, 0.2) is 0 Å². The lowest BCUT2D eigenvalue weighted by Gasteiger charge is -2.15. The number of hydrogen-bond donors (Lipinski definition) is 1. The van der Waals surface area contributed by atoms with Gasteiger partial charge < -0.3 is 5.32 Å². The molecule has 0 spiro atoms. The zero-order valence-corrected chi connectivity index (χ0v) is 11.9. The molecule has 2 aromatic carbocycles. The SMILES string of the molecule is Cc1ccc(C(C)NC(=O)c2cccc(C#N)c2)cc1F. The lowest BCUT2D eigenvalue weighted by molar-refractivity contribution is 0.0940. The second kappa shape index (κ2) is 6.19.